The maximum atomic E-state index is 9.93. The number of anilines is 1. The van der Waals surface area contributed by atoms with E-state index in [0.29, 0.717) is 10.3 Å². The monoisotopic (exact) mass is 936 g/mol. The van der Waals surface area contributed by atoms with E-state index in [-0.39, 0.29) is 30.3 Å². The number of morpholine rings is 1. The van der Waals surface area contributed by atoms with Gasteiger partial charge in [0.25, 0.3) is 0 Å². The molecule has 0 spiro atoms. The van der Waals surface area contributed by atoms with Gasteiger partial charge in [0.2, 0.25) is 0 Å². The van der Waals surface area contributed by atoms with Crippen LogP contribution in [-0.4, -0.2) is 56.1 Å². The summed E-state index contributed by atoms with van der Waals surface area (Å²) in [5, 5.41) is 10.5. The van der Waals surface area contributed by atoms with Gasteiger partial charge in [-0.05, 0) is 129 Å². The van der Waals surface area contributed by atoms with Crippen molar-refractivity contribution in [1.82, 2.24) is 0 Å². The molecule has 1 heterocycles. The number of benzene rings is 1. The van der Waals surface area contributed by atoms with Gasteiger partial charge >= 0.3 is 36.4 Å². The van der Waals surface area contributed by atoms with Gasteiger partial charge in [0.15, 0.2) is 0 Å². The summed E-state index contributed by atoms with van der Waals surface area (Å²) in [6, 6.07) is 11.7. The van der Waals surface area contributed by atoms with Crippen molar-refractivity contribution in [3.63, 3.8) is 0 Å². The van der Waals surface area contributed by atoms with E-state index in [2.05, 4.69) is 29.2 Å². The second-order valence-electron chi connectivity index (χ2n) is 14.9. The zero-order chi connectivity index (χ0) is 30.7. The summed E-state index contributed by atoms with van der Waals surface area (Å²) >= 11 is -11.2. The van der Waals surface area contributed by atoms with Gasteiger partial charge < -0.3 is 9.64 Å². The molecule has 0 N–H and O–H groups in total. The summed E-state index contributed by atoms with van der Waals surface area (Å²) < 4.78 is 65.3. The molecule has 9 aliphatic rings. The van der Waals surface area contributed by atoms with Crippen molar-refractivity contribution in [2.45, 2.75) is 94.3 Å². The number of nitriles is 1. The molecular weight excluding hydrogens is 892 g/mol. The molecule has 3 nitrogen and oxygen atoms in total. The molecule has 0 aromatic heterocycles. The molecule has 0 unspecified atom stereocenters. The van der Waals surface area contributed by atoms with E-state index in [1.807, 2.05) is 5.30 Å². The molecule has 1 radical (unpaired) electrons. The quantitative estimate of drug-likeness (QED) is 0.172. The van der Waals surface area contributed by atoms with Crippen LogP contribution >= 0.6 is 7.92 Å². The van der Waals surface area contributed by atoms with Crippen molar-refractivity contribution in [2.24, 2.45) is 35.5 Å². The van der Waals surface area contributed by atoms with Crippen LogP contribution in [0.15, 0.2) is 24.3 Å². The smallest absolute Gasteiger partial charge is 0.0642 e. The summed E-state index contributed by atoms with van der Waals surface area (Å²) in [5.41, 5.74) is 1.62. The molecule has 12 heteroatoms. The van der Waals surface area contributed by atoms with Crippen molar-refractivity contribution in [1.29, 1.82) is 5.26 Å². The van der Waals surface area contributed by atoms with Gasteiger partial charge in [0, 0.05) is 53.4 Å². The Bertz CT molecular complexity index is 1110. The van der Waals surface area contributed by atoms with Crippen LogP contribution in [0.1, 0.15) is 84.0 Å². The third-order valence-electron chi connectivity index (χ3n) is 11.4. The number of hydrogen-bond donors (Lipinski definition) is 0. The Morgan fingerprint density at radius 1 is 0.727 bits per heavy atom. The second kappa shape index (κ2) is 12.2. The SMILES string of the molecule is CC#N.[Au].[F][Sb-]([F])([F])([F])([F])[F].c1ccc(P(C23CC4CC(CC(C4)C2)C3)C23CC4CC(CC(C4)C2)C3)c(N2CCOCC2)c1. The maximum absolute atomic E-state index is 11.2. The molecule has 0 amide bonds. The van der Waals surface area contributed by atoms with E-state index < -0.39 is 19.5 Å². The number of para-hydroxylation sites is 1. The van der Waals surface area contributed by atoms with Crippen molar-refractivity contribution in [3.05, 3.63) is 24.3 Å². The molecule has 253 valence electrons. The van der Waals surface area contributed by atoms with Crippen molar-refractivity contribution in [2.75, 3.05) is 31.2 Å². The van der Waals surface area contributed by atoms with Crippen LogP contribution in [0, 0.1) is 46.8 Å². The van der Waals surface area contributed by atoms with E-state index in [1.165, 1.54) is 6.92 Å². The van der Waals surface area contributed by atoms with Crippen LogP contribution in [0.3, 0.4) is 0 Å². The van der Waals surface area contributed by atoms with Crippen molar-refractivity contribution >= 4 is 38.4 Å². The van der Waals surface area contributed by atoms with Gasteiger partial charge in [0.05, 0.1) is 19.3 Å². The largest absolute Gasteiger partial charge is 0.378 e. The van der Waals surface area contributed by atoms with Gasteiger partial charge in [-0.3, -0.25) is 0 Å². The second-order valence-corrected chi connectivity index (χ2v) is 23.4. The first-order chi connectivity index (χ1) is 20.0. The molecule has 44 heavy (non-hydrogen) atoms. The third kappa shape index (κ3) is 8.18. The maximum Gasteiger partial charge on any atom is 0.0642 e. The Morgan fingerprint density at radius 2 is 1.05 bits per heavy atom. The Kier molecular flexibility index (Phi) is 9.78. The van der Waals surface area contributed by atoms with E-state index in [9.17, 15) is 16.9 Å². The molecule has 9 fully saturated rings. The number of ether oxygens (including phenoxy) is 1. The predicted molar refractivity (Wildman–Crippen MR) is 162 cm³/mol. The minimum Gasteiger partial charge on any atom is -0.378 e. The summed E-state index contributed by atoms with van der Waals surface area (Å²) in [4.78, 5) is 2.72. The van der Waals surface area contributed by atoms with Crippen LogP contribution < -0.4 is 10.2 Å². The van der Waals surface area contributed by atoms with E-state index in [1.54, 1.807) is 88.8 Å². The number of halogens is 6. The predicted octanol–water partition coefficient (Wildman–Crippen LogP) is 9.24. The summed E-state index contributed by atoms with van der Waals surface area (Å²) in [6.07, 6.45) is 19.0. The van der Waals surface area contributed by atoms with Crippen LogP contribution in [0.4, 0.5) is 22.6 Å². The summed E-state index contributed by atoms with van der Waals surface area (Å²) in [5.74, 6) is 6.37. The molecule has 1 saturated heterocycles. The first kappa shape index (κ1) is 35.3. The van der Waals surface area contributed by atoms with Gasteiger partial charge in [-0.15, -0.1) is 0 Å². The molecule has 0 atom stereocenters. The fraction of sp³-hybridized carbons (Fsp3) is 0.781. The number of rotatable bonds is 4. The third-order valence-corrected chi connectivity index (χ3v) is 15.3. The zero-order valence-corrected chi connectivity index (χ0v) is 31.0. The molecule has 10 rings (SSSR count). The normalized spacial score (nSPS) is 40.2. The zero-order valence-electron chi connectivity index (χ0n) is 25.4. The molecule has 1 aromatic carbocycles. The molecule has 8 bridgehead atoms. The van der Waals surface area contributed by atoms with E-state index in [4.69, 9.17) is 10.00 Å². The molecular formula is C32H45AuF6N2OPSb-. The van der Waals surface area contributed by atoms with E-state index in [0.717, 1.165) is 61.8 Å². The van der Waals surface area contributed by atoms with Crippen LogP contribution in [0.25, 0.3) is 0 Å². The van der Waals surface area contributed by atoms with Crippen molar-refractivity contribution < 1.29 is 44.0 Å². The topological polar surface area (TPSA) is 36.3 Å². The van der Waals surface area contributed by atoms with E-state index >= 15 is 0 Å². The summed E-state index contributed by atoms with van der Waals surface area (Å²) in [6.45, 7) is 5.41. The van der Waals surface area contributed by atoms with Crippen LogP contribution in [0.2, 0.25) is 0 Å². The molecule has 1 aromatic rings. The first-order valence-electron chi connectivity index (χ1n) is 16.1. The van der Waals surface area contributed by atoms with Gasteiger partial charge in [-0.1, -0.05) is 26.1 Å². The van der Waals surface area contributed by atoms with Crippen LogP contribution in [0.5, 0.6) is 0 Å². The van der Waals surface area contributed by atoms with Gasteiger partial charge in [-0.2, -0.15) is 5.26 Å². The Hall–Kier alpha value is 0.0384. The molecule has 8 aliphatic carbocycles. The minimum atomic E-state index is -11.2. The average molecular weight is 937 g/mol. The Labute approximate surface area is 277 Å². The fourth-order valence-electron chi connectivity index (χ4n) is 11.4. The average Bonchev–Trinajstić information content (AvgIpc) is 2.86. The molecule has 1 aliphatic heterocycles. The Balaban J connectivity index is 0.000000308. The molecule has 8 saturated carbocycles. The Morgan fingerprint density at radius 3 is 1.39 bits per heavy atom. The standard InChI is InChI=1S/C30H42NOP.C2H3N.Au.6FH.Sb/c1-2-4-28(27(3-1)31-5-7-32-8-6-31)33(29-15-21-9-22(16-29)11-23(10-21)17-29)30-18-24-12-25(19-30)14-26(13-24)20-30;1-2-3;;;;;;;;/h1-4,21-26H,5-20H2;1H3;;6*1H;/q;;;;;;;;;+5/p-6. The fourth-order valence-corrected chi connectivity index (χ4v) is 16.8. The van der Waals surface area contributed by atoms with Crippen molar-refractivity contribution in [3.8, 4) is 6.07 Å². The number of hydrogen-bond acceptors (Lipinski definition) is 3. The van der Waals surface area contributed by atoms with Gasteiger partial charge in [0.1, 0.15) is 0 Å². The minimum absolute atomic E-state index is 0. The number of nitrogens with zero attached hydrogens (tertiary/aromatic N) is 2. The van der Waals surface area contributed by atoms with Gasteiger partial charge in [-0.25, -0.2) is 0 Å². The van der Waals surface area contributed by atoms with Crippen LogP contribution in [-0.2, 0) is 27.1 Å². The first-order valence-corrected chi connectivity index (χ1v) is 23.3. The summed E-state index contributed by atoms with van der Waals surface area (Å²) in [7, 11) is -0.132.